The summed E-state index contributed by atoms with van der Waals surface area (Å²) in [7, 11) is 5.32. The van der Waals surface area contributed by atoms with Crippen molar-refractivity contribution in [1.82, 2.24) is 0 Å². The number of nitrogens with one attached hydrogen (secondary N) is 2. The maximum Gasteiger partial charge on any atom is 0.282 e. The summed E-state index contributed by atoms with van der Waals surface area (Å²) in [5.74, 6) is 1.45. The Hall–Kier alpha value is -2.73. The number of carbonyl (C=O) groups is 1. The van der Waals surface area contributed by atoms with E-state index in [1.807, 2.05) is 38.2 Å². The number of hydrogen-bond acceptors (Lipinski definition) is 4. The molecule has 0 radical (unpaired) electrons. The van der Waals surface area contributed by atoms with Gasteiger partial charge in [0.2, 0.25) is 0 Å². The Bertz CT molecular complexity index is 876. The fourth-order valence-corrected chi connectivity index (χ4v) is 4.05. The molecule has 1 aliphatic heterocycles. The van der Waals surface area contributed by atoms with E-state index in [0.29, 0.717) is 12.3 Å². The highest BCUT2D eigenvalue weighted by Gasteiger charge is 2.23. The number of methoxy groups -OCH3 is 2. The maximum atomic E-state index is 12.9. The van der Waals surface area contributed by atoms with Gasteiger partial charge in [0.15, 0.2) is 17.5 Å². The van der Waals surface area contributed by atoms with E-state index < -0.39 is 0 Å². The first-order valence-electron chi connectivity index (χ1n) is 11.1. The molecular weight excluding hydrogens is 390 g/mol. The lowest BCUT2D eigenvalue weighted by atomic mass is 10.1. The number of quaternary nitrogens is 1. The van der Waals surface area contributed by atoms with E-state index in [4.69, 9.17) is 9.47 Å². The minimum Gasteiger partial charge on any atom is -0.493 e. The van der Waals surface area contributed by atoms with Crippen LogP contribution in [0.5, 0.6) is 11.5 Å². The Balaban J connectivity index is 1.60. The molecule has 6 nitrogen and oxygen atoms in total. The number of nitrogens with zero attached hydrogens (tertiary/aromatic N) is 1. The van der Waals surface area contributed by atoms with E-state index in [2.05, 4.69) is 29.3 Å². The lowest BCUT2D eigenvalue weighted by Gasteiger charge is -2.29. The Kier molecular flexibility index (Phi) is 7.80. The Morgan fingerprint density at radius 1 is 1.06 bits per heavy atom. The molecule has 2 N–H and O–H groups in total. The smallest absolute Gasteiger partial charge is 0.282 e. The number of piperidine rings is 1. The number of aryl methyl sites for hydroxylation is 1. The number of rotatable bonds is 8. The molecule has 0 aromatic heterocycles. The largest absolute Gasteiger partial charge is 0.493 e. The van der Waals surface area contributed by atoms with Gasteiger partial charge in [-0.2, -0.15) is 0 Å². The first-order valence-corrected chi connectivity index (χ1v) is 11.1. The molecule has 3 rings (SSSR count). The van der Waals surface area contributed by atoms with Gasteiger partial charge in [-0.15, -0.1) is 0 Å². The van der Waals surface area contributed by atoms with Crippen molar-refractivity contribution in [3.05, 3.63) is 47.5 Å². The molecule has 1 amide bonds. The zero-order valence-electron chi connectivity index (χ0n) is 19.5. The maximum absolute atomic E-state index is 12.9. The van der Waals surface area contributed by atoms with Crippen LogP contribution in [0.4, 0.5) is 11.4 Å². The van der Waals surface area contributed by atoms with Gasteiger partial charge in [-0.3, -0.25) is 4.79 Å². The van der Waals surface area contributed by atoms with Crippen LogP contribution < -0.4 is 24.6 Å². The van der Waals surface area contributed by atoms with E-state index in [1.54, 1.807) is 14.2 Å². The minimum atomic E-state index is -0.200. The van der Waals surface area contributed by atoms with Crippen LogP contribution in [0.25, 0.3) is 0 Å². The standard InChI is InChI=1S/C25H35N3O3/c1-18-15-23(30-4)24(31-5)16-20(18)17-27(3)19(2)25(29)26-21-9-11-22(12-10-21)28-13-7-6-8-14-28/h9-12,15-16,19H,6-8,13-14,17H2,1-5H3,(H,26,29)/p+1/t19-/m0/s1. The summed E-state index contributed by atoms with van der Waals surface area (Å²) in [5, 5.41) is 3.07. The van der Waals surface area contributed by atoms with Gasteiger partial charge >= 0.3 is 0 Å². The third-order valence-corrected chi connectivity index (χ3v) is 6.30. The van der Waals surface area contributed by atoms with Crippen LogP contribution in [-0.4, -0.2) is 46.3 Å². The second-order valence-electron chi connectivity index (χ2n) is 8.46. The summed E-state index contributed by atoms with van der Waals surface area (Å²) in [6, 6.07) is 12.0. The predicted octanol–water partition coefficient (Wildman–Crippen LogP) is 3.04. The van der Waals surface area contributed by atoms with Crippen LogP contribution in [-0.2, 0) is 11.3 Å². The molecule has 168 valence electrons. The quantitative estimate of drug-likeness (QED) is 0.681. The molecule has 0 bridgehead atoms. The van der Waals surface area contributed by atoms with Gasteiger partial charge in [0, 0.05) is 30.0 Å². The highest BCUT2D eigenvalue weighted by atomic mass is 16.5. The van der Waals surface area contributed by atoms with E-state index in [1.165, 1.54) is 24.9 Å². The molecule has 6 heteroatoms. The number of carbonyl (C=O) groups excluding carboxylic acids is 1. The van der Waals surface area contributed by atoms with E-state index in [0.717, 1.165) is 40.6 Å². The molecule has 2 aromatic rings. The van der Waals surface area contributed by atoms with Crippen molar-refractivity contribution in [1.29, 1.82) is 0 Å². The van der Waals surface area contributed by atoms with Gasteiger partial charge < -0.3 is 24.6 Å². The summed E-state index contributed by atoms with van der Waals surface area (Å²) in [6.07, 6.45) is 3.83. The first kappa shape index (κ1) is 22.9. The Labute approximate surface area is 186 Å². The normalized spacial score (nSPS) is 15.8. The molecule has 1 unspecified atom stereocenters. The Morgan fingerprint density at radius 2 is 1.68 bits per heavy atom. The second kappa shape index (κ2) is 10.5. The summed E-state index contributed by atoms with van der Waals surface area (Å²) >= 11 is 0. The average Bonchev–Trinajstić information content (AvgIpc) is 2.80. The van der Waals surface area contributed by atoms with E-state index in [9.17, 15) is 4.79 Å². The second-order valence-corrected chi connectivity index (χ2v) is 8.46. The molecule has 0 aliphatic carbocycles. The molecule has 2 aromatic carbocycles. The highest BCUT2D eigenvalue weighted by molar-refractivity contribution is 5.93. The molecule has 1 aliphatic rings. The lowest BCUT2D eigenvalue weighted by molar-refractivity contribution is -0.907. The van der Waals surface area contributed by atoms with Gasteiger partial charge in [0.25, 0.3) is 5.91 Å². The number of benzene rings is 2. The lowest BCUT2D eigenvalue weighted by Crippen LogP contribution is -3.12. The van der Waals surface area contributed by atoms with E-state index in [-0.39, 0.29) is 11.9 Å². The van der Waals surface area contributed by atoms with Crippen LogP contribution in [0.15, 0.2) is 36.4 Å². The molecule has 2 atom stereocenters. The van der Waals surface area contributed by atoms with Gasteiger partial charge in [-0.25, -0.2) is 0 Å². The van der Waals surface area contributed by atoms with Crippen LogP contribution in [0.3, 0.4) is 0 Å². The molecule has 1 saturated heterocycles. The summed E-state index contributed by atoms with van der Waals surface area (Å²) in [5.41, 5.74) is 4.34. The molecule has 0 saturated carbocycles. The van der Waals surface area contributed by atoms with E-state index >= 15 is 0 Å². The fraction of sp³-hybridized carbons (Fsp3) is 0.480. The fourth-order valence-electron chi connectivity index (χ4n) is 4.05. The summed E-state index contributed by atoms with van der Waals surface area (Å²) in [4.78, 5) is 16.4. The average molecular weight is 427 g/mol. The third kappa shape index (κ3) is 5.70. The topological polar surface area (TPSA) is 55.2 Å². The van der Waals surface area contributed by atoms with Gasteiger partial charge in [0.1, 0.15) is 6.54 Å². The van der Waals surface area contributed by atoms with Crippen molar-refractivity contribution >= 4 is 17.3 Å². The van der Waals surface area contributed by atoms with Gasteiger partial charge in [-0.05, 0) is 75.1 Å². The van der Waals surface area contributed by atoms with Crippen LogP contribution >= 0.6 is 0 Å². The monoisotopic (exact) mass is 426 g/mol. The number of hydrogen-bond donors (Lipinski definition) is 2. The molecule has 0 spiro atoms. The van der Waals surface area contributed by atoms with Crippen molar-refractivity contribution in [3.8, 4) is 11.5 Å². The van der Waals surface area contributed by atoms with Crippen molar-refractivity contribution in [2.75, 3.05) is 44.6 Å². The van der Waals surface area contributed by atoms with Crippen molar-refractivity contribution in [2.45, 2.75) is 45.7 Å². The van der Waals surface area contributed by atoms with Crippen LogP contribution in [0, 0.1) is 6.92 Å². The minimum absolute atomic E-state index is 0.0151. The molecule has 1 fully saturated rings. The zero-order chi connectivity index (χ0) is 22.4. The molecule has 31 heavy (non-hydrogen) atoms. The summed E-state index contributed by atoms with van der Waals surface area (Å²) < 4.78 is 10.8. The number of anilines is 2. The Morgan fingerprint density at radius 3 is 2.29 bits per heavy atom. The predicted molar refractivity (Wildman–Crippen MR) is 125 cm³/mol. The van der Waals surface area contributed by atoms with Crippen LogP contribution in [0.2, 0.25) is 0 Å². The zero-order valence-corrected chi connectivity index (χ0v) is 19.5. The van der Waals surface area contributed by atoms with Crippen molar-refractivity contribution < 1.29 is 19.2 Å². The molecule has 1 heterocycles. The SMILES string of the molecule is COc1cc(C)c(C[NH+](C)[C@@H](C)C(=O)Nc2ccc(N3CCCCC3)cc2)cc1OC. The van der Waals surface area contributed by atoms with Gasteiger partial charge in [-0.1, -0.05) is 0 Å². The highest BCUT2D eigenvalue weighted by Crippen LogP contribution is 2.30. The van der Waals surface area contributed by atoms with Gasteiger partial charge in [0.05, 0.1) is 21.3 Å². The number of ether oxygens (including phenoxy) is 2. The summed E-state index contributed by atoms with van der Waals surface area (Å²) in [6.45, 7) is 6.97. The van der Waals surface area contributed by atoms with Crippen LogP contribution in [0.1, 0.15) is 37.3 Å². The first-order chi connectivity index (χ1) is 14.9. The number of amides is 1. The molecular formula is C25H36N3O3+. The van der Waals surface area contributed by atoms with Crippen molar-refractivity contribution in [2.24, 2.45) is 0 Å². The number of likely N-dealkylation sites (N-methyl/N-ethyl adjacent to an activating group) is 1. The van der Waals surface area contributed by atoms with Crippen molar-refractivity contribution in [3.63, 3.8) is 0 Å². The third-order valence-electron chi connectivity index (χ3n) is 6.30.